The zero-order valence-corrected chi connectivity index (χ0v) is 20.6. The standard InChI is InChI=1S/C21H33N5O2.HI/c1-7-22-21(23-13-17-9-10-19(27)20(12-17)28-8-2)24-14(3)11-18-15(4)25-26(6)16(18)5;/h9-10,12,14,27H,7-8,11,13H2,1-6H3,(H2,22,23,24);1H. The molecule has 0 bridgehead atoms. The van der Waals surface area contributed by atoms with E-state index < -0.39 is 0 Å². The minimum Gasteiger partial charge on any atom is -0.504 e. The van der Waals surface area contributed by atoms with Crippen molar-refractivity contribution >= 4 is 29.9 Å². The van der Waals surface area contributed by atoms with Crippen molar-refractivity contribution in [2.75, 3.05) is 13.2 Å². The van der Waals surface area contributed by atoms with Gasteiger partial charge in [-0.15, -0.1) is 24.0 Å². The van der Waals surface area contributed by atoms with Gasteiger partial charge in [-0.25, -0.2) is 4.99 Å². The van der Waals surface area contributed by atoms with Gasteiger partial charge in [-0.2, -0.15) is 5.10 Å². The van der Waals surface area contributed by atoms with E-state index in [9.17, 15) is 5.11 Å². The number of guanidine groups is 1. The first-order valence-corrected chi connectivity index (χ1v) is 9.84. The van der Waals surface area contributed by atoms with Crippen molar-refractivity contribution in [2.45, 2.75) is 53.6 Å². The first kappa shape index (κ1) is 25.1. The van der Waals surface area contributed by atoms with E-state index in [1.54, 1.807) is 6.07 Å². The summed E-state index contributed by atoms with van der Waals surface area (Å²) in [6.45, 7) is 12.0. The molecule has 1 unspecified atom stereocenters. The average molecular weight is 515 g/mol. The Kier molecular flexibility index (Phi) is 10.3. The van der Waals surface area contributed by atoms with Crippen molar-refractivity contribution in [2.24, 2.45) is 12.0 Å². The first-order valence-electron chi connectivity index (χ1n) is 9.84. The highest BCUT2D eigenvalue weighted by Crippen LogP contribution is 2.27. The van der Waals surface area contributed by atoms with Gasteiger partial charge in [-0.05, 0) is 64.3 Å². The number of ether oxygens (including phenoxy) is 1. The van der Waals surface area contributed by atoms with Crippen LogP contribution in [0.4, 0.5) is 0 Å². The number of halogens is 1. The van der Waals surface area contributed by atoms with Crippen LogP contribution in [0.25, 0.3) is 0 Å². The van der Waals surface area contributed by atoms with Gasteiger partial charge < -0.3 is 20.5 Å². The molecule has 8 heteroatoms. The van der Waals surface area contributed by atoms with Gasteiger partial charge >= 0.3 is 0 Å². The second-order valence-electron chi connectivity index (χ2n) is 6.95. The molecular weight excluding hydrogens is 481 g/mol. The highest BCUT2D eigenvalue weighted by molar-refractivity contribution is 14.0. The SMILES string of the molecule is CCNC(=NCc1ccc(O)c(OCC)c1)NC(C)Cc1c(C)nn(C)c1C.I. The minimum atomic E-state index is 0. The van der Waals surface area contributed by atoms with Crippen molar-refractivity contribution in [1.29, 1.82) is 0 Å². The number of aromatic hydroxyl groups is 1. The summed E-state index contributed by atoms with van der Waals surface area (Å²) < 4.78 is 7.38. The van der Waals surface area contributed by atoms with Gasteiger partial charge in [-0.3, -0.25) is 4.68 Å². The normalized spacial score (nSPS) is 12.3. The third-order valence-corrected chi connectivity index (χ3v) is 4.64. The number of hydrogen-bond acceptors (Lipinski definition) is 4. The Balaban J connectivity index is 0.00000420. The van der Waals surface area contributed by atoms with Gasteiger partial charge in [0.1, 0.15) is 0 Å². The lowest BCUT2D eigenvalue weighted by atomic mass is 10.1. The van der Waals surface area contributed by atoms with Crippen molar-refractivity contribution in [3.63, 3.8) is 0 Å². The fraction of sp³-hybridized carbons (Fsp3) is 0.524. The number of phenols is 1. The van der Waals surface area contributed by atoms with Crippen molar-refractivity contribution in [1.82, 2.24) is 20.4 Å². The highest BCUT2D eigenvalue weighted by Gasteiger charge is 2.14. The van der Waals surface area contributed by atoms with Gasteiger partial charge in [-0.1, -0.05) is 6.07 Å². The molecule has 0 fully saturated rings. The quantitative estimate of drug-likeness (QED) is 0.285. The van der Waals surface area contributed by atoms with Crippen LogP contribution in [0.3, 0.4) is 0 Å². The van der Waals surface area contributed by atoms with E-state index in [4.69, 9.17) is 4.74 Å². The molecule has 1 atom stereocenters. The molecule has 7 nitrogen and oxygen atoms in total. The third-order valence-electron chi connectivity index (χ3n) is 4.64. The van der Waals surface area contributed by atoms with Crippen LogP contribution in [0.2, 0.25) is 0 Å². The summed E-state index contributed by atoms with van der Waals surface area (Å²) >= 11 is 0. The number of aryl methyl sites for hydroxylation is 2. The molecule has 0 saturated carbocycles. The topological polar surface area (TPSA) is 83.7 Å². The molecule has 2 rings (SSSR count). The number of phenolic OH excluding ortho intramolecular Hbond substituents is 1. The van der Waals surface area contributed by atoms with Crippen LogP contribution in [-0.4, -0.2) is 40.0 Å². The van der Waals surface area contributed by atoms with E-state index >= 15 is 0 Å². The number of benzene rings is 1. The van der Waals surface area contributed by atoms with Crippen LogP contribution < -0.4 is 15.4 Å². The summed E-state index contributed by atoms with van der Waals surface area (Å²) in [7, 11) is 1.98. The van der Waals surface area contributed by atoms with E-state index in [-0.39, 0.29) is 35.8 Å². The number of nitrogens with zero attached hydrogens (tertiary/aromatic N) is 3. The molecule has 1 aromatic carbocycles. The molecule has 0 amide bonds. The molecule has 2 aromatic rings. The van der Waals surface area contributed by atoms with Crippen LogP contribution in [0.1, 0.15) is 43.3 Å². The van der Waals surface area contributed by atoms with E-state index in [1.165, 1.54) is 11.3 Å². The zero-order chi connectivity index (χ0) is 20.7. The Morgan fingerprint density at radius 3 is 2.62 bits per heavy atom. The van der Waals surface area contributed by atoms with E-state index in [0.29, 0.717) is 18.9 Å². The molecular formula is C21H34IN5O2. The fourth-order valence-corrected chi connectivity index (χ4v) is 3.12. The summed E-state index contributed by atoms with van der Waals surface area (Å²) in [6.07, 6.45) is 0.879. The van der Waals surface area contributed by atoms with Gasteiger partial charge in [0.2, 0.25) is 0 Å². The lowest BCUT2D eigenvalue weighted by Gasteiger charge is -2.18. The predicted octanol–water partition coefficient (Wildman–Crippen LogP) is 3.45. The number of aliphatic imine (C=N–C) groups is 1. The van der Waals surface area contributed by atoms with Gasteiger partial charge in [0, 0.05) is 25.3 Å². The maximum absolute atomic E-state index is 9.84. The molecule has 0 aliphatic heterocycles. The predicted molar refractivity (Wildman–Crippen MR) is 128 cm³/mol. The molecule has 0 aliphatic rings. The lowest BCUT2D eigenvalue weighted by Crippen LogP contribution is -2.43. The number of rotatable bonds is 8. The van der Waals surface area contributed by atoms with Gasteiger partial charge in [0.05, 0.1) is 18.8 Å². The van der Waals surface area contributed by atoms with Crippen LogP contribution in [0, 0.1) is 13.8 Å². The highest BCUT2D eigenvalue weighted by atomic mass is 127. The summed E-state index contributed by atoms with van der Waals surface area (Å²) in [5.41, 5.74) is 4.52. The van der Waals surface area contributed by atoms with Crippen LogP contribution in [0.5, 0.6) is 11.5 Å². The van der Waals surface area contributed by atoms with E-state index in [0.717, 1.165) is 30.2 Å². The molecule has 0 saturated heterocycles. The third kappa shape index (κ3) is 7.09. The number of hydrogen-bond donors (Lipinski definition) is 3. The Hall–Kier alpha value is -1.97. The smallest absolute Gasteiger partial charge is 0.191 e. The summed E-state index contributed by atoms with van der Waals surface area (Å²) in [6, 6.07) is 5.54. The number of aromatic nitrogens is 2. The van der Waals surface area contributed by atoms with Crippen molar-refractivity contribution < 1.29 is 9.84 Å². The second-order valence-corrected chi connectivity index (χ2v) is 6.95. The summed E-state index contributed by atoms with van der Waals surface area (Å²) in [5, 5.41) is 21.1. The van der Waals surface area contributed by atoms with Crippen LogP contribution in [-0.2, 0) is 20.0 Å². The molecule has 0 spiro atoms. The van der Waals surface area contributed by atoms with E-state index in [1.807, 2.05) is 37.7 Å². The Morgan fingerprint density at radius 1 is 1.31 bits per heavy atom. The molecule has 29 heavy (non-hydrogen) atoms. The Bertz CT molecular complexity index is 820. The Morgan fingerprint density at radius 2 is 2.03 bits per heavy atom. The zero-order valence-electron chi connectivity index (χ0n) is 18.2. The first-order chi connectivity index (χ1) is 13.3. The maximum atomic E-state index is 9.84. The number of nitrogens with one attached hydrogen (secondary N) is 2. The van der Waals surface area contributed by atoms with Gasteiger partial charge in [0.15, 0.2) is 17.5 Å². The average Bonchev–Trinajstić information content (AvgIpc) is 2.88. The lowest BCUT2D eigenvalue weighted by molar-refractivity contribution is 0.318. The van der Waals surface area contributed by atoms with Crippen molar-refractivity contribution in [3.05, 3.63) is 40.7 Å². The van der Waals surface area contributed by atoms with Crippen LogP contribution >= 0.6 is 24.0 Å². The monoisotopic (exact) mass is 515 g/mol. The van der Waals surface area contributed by atoms with Crippen LogP contribution in [0.15, 0.2) is 23.2 Å². The molecule has 1 aromatic heterocycles. The molecule has 162 valence electrons. The fourth-order valence-electron chi connectivity index (χ4n) is 3.12. The van der Waals surface area contributed by atoms with Crippen molar-refractivity contribution in [3.8, 4) is 11.5 Å². The molecule has 0 radical (unpaired) electrons. The largest absolute Gasteiger partial charge is 0.504 e. The van der Waals surface area contributed by atoms with Gasteiger partial charge in [0.25, 0.3) is 0 Å². The summed E-state index contributed by atoms with van der Waals surface area (Å²) in [5.74, 6) is 1.40. The van der Waals surface area contributed by atoms with E-state index in [2.05, 4.69) is 41.5 Å². The summed E-state index contributed by atoms with van der Waals surface area (Å²) in [4.78, 5) is 4.68. The molecule has 3 N–H and O–H groups in total. The molecule has 0 aliphatic carbocycles. The molecule has 1 heterocycles. The maximum Gasteiger partial charge on any atom is 0.191 e. The Labute approximate surface area is 191 Å². The second kappa shape index (κ2) is 11.9. The minimum absolute atomic E-state index is 0.